The lowest BCUT2D eigenvalue weighted by atomic mass is 9.75. The molecule has 3 heteroatoms. The van der Waals surface area contributed by atoms with Gasteiger partial charge in [-0.1, -0.05) is 31.5 Å². The third-order valence-corrected chi connectivity index (χ3v) is 5.09. The van der Waals surface area contributed by atoms with Gasteiger partial charge in [-0.15, -0.1) is 11.8 Å². The number of thiocarbonyl (C=S) groups is 1. The number of hydrogen-bond acceptors (Lipinski definition) is 2. The van der Waals surface area contributed by atoms with Gasteiger partial charge in [0.2, 0.25) is 0 Å². The van der Waals surface area contributed by atoms with Crippen molar-refractivity contribution in [1.29, 1.82) is 0 Å². The lowest BCUT2D eigenvalue weighted by Crippen LogP contribution is -2.43. The summed E-state index contributed by atoms with van der Waals surface area (Å²) in [6.45, 7) is 2.45. The highest BCUT2D eigenvalue weighted by Gasteiger charge is 2.31. The number of thioether (sulfide) groups is 1. The Morgan fingerprint density at radius 1 is 1.21 bits per heavy atom. The molecule has 0 unspecified atom stereocenters. The van der Waals surface area contributed by atoms with Gasteiger partial charge in [0.1, 0.15) is 4.32 Å². The van der Waals surface area contributed by atoms with Crippen LogP contribution in [-0.4, -0.2) is 28.6 Å². The molecule has 2 aliphatic rings. The number of piperidine rings is 1. The first-order valence-corrected chi connectivity index (χ1v) is 7.27. The third kappa shape index (κ3) is 2.25. The van der Waals surface area contributed by atoms with Crippen LogP contribution in [0.4, 0.5) is 0 Å². The van der Waals surface area contributed by atoms with Gasteiger partial charge in [0, 0.05) is 13.1 Å². The summed E-state index contributed by atoms with van der Waals surface area (Å²) < 4.78 is 1.11. The Hall–Kier alpha value is 0.240. The lowest BCUT2D eigenvalue weighted by Gasteiger charge is -2.42. The fourth-order valence-corrected chi connectivity index (χ4v) is 3.49. The monoisotopic (exact) mass is 229 g/mol. The molecule has 1 saturated heterocycles. The largest absolute Gasteiger partial charge is 0.357 e. The molecule has 0 radical (unpaired) electrons. The second-order valence-corrected chi connectivity index (χ2v) is 5.95. The van der Waals surface area contributed by atoms with Gasteiger partial charge < -0.3 is 4.90 Å². The molecule has 2 rings (SSSR count). The first-order chi connectivity index (χ1) is 6.81. The zero-order chi connectivity index (χ0) is 9.97. The molecule has 0 bridgehead atoms. The predicted molar refractivity (Wildman–Crippen MR) is 67.8 cm³/mol. The van der Waals surface area contributed by atoms with Crippen molar-refractivity contribution in [2.75, 3.05) is 19.3 Å². The predicted octanol–water partition coefficient (Wildman–Crippen LogP) is 3.15. The van der Waals surface area contributed by atoms with E-state index in [4.69, 9.17) is 12.2 Å². The second kappa shape index (κ2) is 4.84. The maximum absolute atomic E-state index is 5.36. The van der Waals surface area contributed by atoms with Crippen LogP contribution >= 0.6 is 24.0 Å². The Labute approximate surface area is 96.6 Å². The molecule has 80 valence electrons. The van der Waals surface area contributed by atoms with Gasteiger partial charge in [-0.2, -0.15) is 0 Å². The number of hydrogen-bond donors (Lipinski definition) is 0. The van der Waals surface area contributed by atoms with Crippen molar-refractivity contribution in [3.8, 4) is 0 Å². The zero-order valence-electron chi connectivity index (χ0n) is 8.87. The molecular weight excluding hydrogens is 210 g/mol. The van der Waals surface area contributed by atoms with Crippen LogP contribution in [0.3, 0.4) is 0 Å². The van der Waals surface area contributed by atoms with Crippen LogP contribution in [-0.2, 0) is 0 Å². The molecule has 0 amide bonds. The van der Waals surface area contributed by atoms with Gasteiger partial charge in [-0.05, 0) is 30.9 Å². The summed E-state index contributed by atoms with van der Waals surface area (Å²) in [5, 5.41) is 0. The quantitative estimate of drug-likeness (QED) is 0.588. The molecule has 1 nitrogen and oxygen atoms in total. The summed E-state index contributed by atoms with van der Waals surface area (Å²) in [6.07, 6.45) is 9.30. The summed E-state index contributed by atoms with van der Waals surface area (Å²) in [4.78, 5) is 2.42. The fourth-order valence-electron chi connectivity index (χ4n) is 2.90. The van der Waals surface area contributed by atoms with Crippen LogP contribution in [0.2, 0.25) is 0 Å². The summed E-state index contributed by atoms with van der Waals surface area (Å²) >= 11 is 7.09. The molecule has 0 aromatic heterocycles. The normalized spacial score (nSPS) is 32.5. The molecule has 0 spiro atoms. The third-order valence-electron chi connectivity index (χ3n) is 3.72. The van der Waals surface area contributed by atoms with Crippen LogP contribution in [0, 0.1) is 11.8 Å². The topological polar surface area (TPSA) is 3.24 Å². The molecule has 1 aliphatic carbocycles. The summed E-state index contributed by atoms with van der Waals surface area (Å²) in [6, 6.07) is 0. The van der Waals surface area contributed by atoms with Gasteiger partial charge >= 0.3 is 0 Å². The van der Waals surface area contributed by atoms with E-state index in [0.29, 0.717) is 0 Å². The minimum Gasteiger partial charge on any atom is -0.357 e. The molecule has 1 aliphatic heterocycles. The van der Waals surface area contributed by atoms with Crippen molar-refractivity contribution in [2.45, 2.75) is 32.1 Å². The number of fused-ring (bicyclic) bond motifs is 1. The smallest absolute Gasteiger partial charge is 0.136 e. The van der Waals surface area contributed by atoms with Crippen molar-refractivity contribution in [3.05, 3.63) is 0 Å². The first-order valence-electron chi connectivity index (χ1n) is 5.64. The van der Waals surface area contributed by atoms with Crippen molar-refractivity contribution < 1.29 is 0 Å². The van der Waals surface area contributed by atoms with Crippen LogP contribution in [0.1, 0.15) is 32.1 Å². The molecule has 0 aromatic carbocycles. The van der Waals surface area contributed by atoms with Crippen LogP contribution in [0.5, 0.6) is 0 Å². The fraction of sp³-hybridized carbons (Fsp3) is 0.909. The van der Waals surface area contributed by atoms with Crippen LogP contribution < -0.4 is 0 Å². The minimum atomic E-state index is 0.947. The van der Waals surface area contributed by atoms with E-state index in [0.717, 1.165) is 16.2 Å². The van der Waals surface area contributed by atoms with Gasteiger partial charge in [0.15, 0.2) is 0 Å². The Balaban J connectivity index is 1.92. The molecule has 0 aromatic rings. The standard InChI is InChI=1S/C11H19NS2/c1-14-11(13)12-7-6-9-4-2-3-5-10(9)8-12/h9-10H,2-8H2,1H3/t9-,10-/m1/s1. The molecule has 0 N–H and O–H groups in total. The molecule has 14 heavy (non-hydrogen) atoms. The van der Waals surface area contributed by atoms with Gasteiger partial charge in [-0.3, -0.25) is 0 Å². The number of likely N-dealkylation sites (tertiary alicyclic amines) is 1. The van der Waals surface area contributed by atoms with Gasteiger partial charge in [0.25, 0.3) is 0 Å². The molecule has 2 fully saturated rings. The van der Waals surface area contributed by atoms with Crippen molar-refractivity contribution >= 4 is 28.3 Å². The maximum atomic E-state index is 5.36. The highest BCUT2D eigenvalue weighted by Crippen LogP contribution is 2.36. The van der Waals surface area contributed by atoms with E-state index in [9.17, 15) is 0 Å². The van der Waals surface area contributed by atoms with Crippen molar-refractivity contribution in [2.24, 2.45) is 11.8 Å². The van der Waals surface area contributed by atoms with Crippen molar-refractivity contribution in [1.82, 2.24) is 4.90 Å². The van der Waals surface area contributed by atoms with E-state index >= 15 is 0 Å². The first kappa shape index (κ1) is 10.7. The Morgan fingerprint density at radius 2 is 1.93 bits per heavy atom. The van der Waals surface area contributed by atoms with Gasteiger partial charge in [-0.25, -0.2) is 0 Å². The Kier molecular flexibility index (Phi) is 3.72. The van der Waals surface area contributed by atoms with E-state index in [1.807, 2.05) is 0 Å². The van der Waals surface area contributed by atoms with E-state index in [1.165, 1.54) is 45.2 Å². The second-order valence-electron chi connectivity index (χ2n) is 4.51. The summed E-state index contributed by atoms with van der Waals surface area (Å²) in [5.74, 6) is 1.97. The van der Waals surface area contributed by atoms with E-state index in [2.05, 4.69) is 11.2 Å². The SMILES string of the molecule is CSC(=S)N1CC[C@H]2CCCC[C@@H]2C1. The molecule has 2 atom stereocenters. The Morgan fingerprint density at radius 3 is 2.64 bits per heavy atom. The lowest BCUT2D eigenvalue weighted by molar-refractivity contribution is 0.133. The number of rotatable bonds is 0. The highest BCUT2D eigenvalue weighted by molar-refractivity contribution is 8.22. The van der Waals surface area contributed by atoms with E-state index < -0.39 is 0 Å². The minimum absolute atomic E-state index is 0.947. The summed E-state index contributed by atoms with van der Waals surface area (Å²) in [7, 11) is 0. The maximum Gasteiger partial charge on any atom is 0.136 e. The van der Waals surface area contributed by atoms with Crippen LogP contribution in [0.15, 0.2) is 0 Å². The Bertz CT molecular complexity index is 217. The molecule has 1 saturated carbocycles. The summed E-state index contributed by atoms with van der Waals surface area (Å²) in [5.41, 5.74) is 0. The average Bonchev–Trinajstić information content (AvgIpc) is 2.27. The average molecular weight is 229 g/mol. The van der Waals surface area contributed by atoms with E-state index in [1.54, 1.807) is 11.8 Å². The molecule has 1 heterocycles. The highest BCUT2D eigenvalue weighted by atomic mass is 32.2. The van der Waals surface area contributed by atoms with Gasteiger partial charge in [0.05, 0.1) is 0 Å². The van der Waals surface area contributed by atoms with Crippen LogP contribution in [0.25, 0.3) is 0 Å². The zero-order valence-corrected chi connectivity index (χ0v) is 10.5. The van der Waals surface area contributed by atoms with Crippen molar-refractivity contribution in [3.63, 3.8) is 0 Å². The van der Waals surface area contributed by atoms with E-state index in [-0.39, 0.29) is 0 Å². The molecular formula is C11H19NS2. The number of nitrogens with zero attached hydrogens (tertiary/aromatic N) is 1.